The SMILES string of the molecule is Nc1ccc(N2CCCN(Cc3ccccc3OC(F)(F)F)CC2)nc1. The molecule has 3 rings (SSSR count). The van der Waals surface area contributed by atoms with Gasteiger partial charge in [-0.25, -0.2) is 4.98 Å². The van der Waals surface area contributed by atoms with E-state index in [9.17, 15) is 13.2 Å². The van der Waals surface area contributed by atoms with Crippen LogP contribution in [-0.4, -0.2) is 42.4 Å². The van der Waals surface area contributed by atoms with Crippen molar-refractivity contribution >= 4 is 11.5 Å². The third-order valence-electron chi connectivity index (χ3n) is 4.28. The molecule has 0 unspecified atom stereocenters. The van der Waals surface area contributed by atoms with Gasteiger partial charge in [0.25, 0.3) is 0 Å². The summed E-state index contributed by atoms with van der Waals surface area (Å²) in [6.45, 7) is 3.53. The molecule has 8 heteroatoms. The van der Waals surface area contributed by atoms with Crippen LogP contribution in [0.1, 0.15) is 12.0 Å². The second-order valence-electron chi connectivity index (χ2n) is 6.22. The highest BCUT2D eigenvalue weighted by atomic mass is 19.4. The number of anilines is 2. The van der Waals surface area contributed by atoms with E-state index in [-0.39, 0.29) is 5.75 Å². The highest BCUT2D eigenvalue weighted by Crippen LogP contribution is 2.27. The molecule has 0 amide bonds. The van der Waals surface area contributed by atoms with Gasteiger partial charge in [-0.05, 0) is 24.6 Å². The third-order valence-corrected chi connectivity index (χ3v) is 4.28. The normalized spacial score (nSPS) is 16.3. The Morgan fingerprint density at radius 3 is 2.58 bits per heavy atom. The van der Waals surface area contributed by atoms with Gasteiger partial charge in [0.2, 0.25) is 0 Å². The predicted octanol–water partition coefficient (Wildman–Crippen LogP) is 3.27. The second-order valence-corrected chi connectivity index (χ2v) is 6.22. The zero-order valence-corrected chi connectivity index (χ0v) is 14.2. The van der Waals surface area contributed by atoms with Crippen LogP contribution >= 0.6 is 0 Å². The standard InChI is InChI=1S/C18H21F3N4O/c19-18(20,21)26-16-5-2-1-4-14(16)13-24-8-3-9-25(11-10-24)17-7-6-15(22)12-23-17/h1-2,4-7,12H,3,8-11,13,22H2. The first kappa shape index (κ1) is 18.3. The molecule has 0 spiro atoms. The third kappa shape index (κ3) is 5.01. The van der Waals surface area contributed by atoms with Crippen LogP contribution in [0.15, 0.2) is 42.6 Å². The number of nitrogens with two attached hydrogens (primary N) is 1. The number of hydrogen-bond acceptors (Lipinski definition) is 5. The Hall–Kier alpha value is -2.48. The number of benzene rings is 1. The lowest BCUT2D eigenvalue weighted by molar-refractivity contribution is -0.275. The molecule has 1 aliphatic heterocycles. The Morgan fingerprint density at radius 2 is 1.85 bits per heavy atom. The number of nitrogen functional groups attached to an aromatic ring is 1. The first-order chi connectivity index (χ1) is 12.4. The van der Waals surface area contributed by atoms with E-state index in [0.717, 1.165) is 38.4 Å². The number of hydrogen-bond donors (Lipinski definition) is 1. The van der Waals surface area contributed by atoms with E-state index in [1.54, 1.807) is 24.4 Å². The minimum atomic E-state index is -4.69. The molecule has 2 heterocycles. The Morgan fingerprint density at radius 1 is 1.04 bits per heavy atom. The summed E-state index contributed by atoms with van der Waals surface area (Å²) in [6, 6.07) is 9.99. The van der Waals surface area contributed by atoms with Crippen LogP contribution in [0, 0.1) is 0 Å². The molecular formula is C18H21F3N4O. The number of nitrogens with zero attached hydrogens (tertiary/aromatic N) is 3. The highest BCUT2D eigenvalue weighted by Gasteiger charge is 2.32. The molecule has 1 aromatic heterocycles. The molecule has 0 aliphatic carbocycles. The van der Waals surface area contributed by atoms with Crippen molar-refractivity contribution in [3.8, 4) is 5.75 Å². The van der Waals surface area contributed by atoms with Gasteiger partial charge in [0.05, 0.1) is 11.9 Å². The molecule has 0 radical (unpaired) electrons. The van der Waals surface area contributed by atoms with Gasteiger partial charge in [-0.2, -0.15) is 0 Å². The van der Waals surface area contributed by atoms with Crippen molar-refractivity contribution in [2.45, 2.75) is 19.3 Å². The van der Waals surface area contributed by atoms with Crippen LogP contribution in [0.5, 0.6) is 5.75 Å². The van der Waals surface area contributed by atoms with Crippen LogP contribution < -0.4 is 15.4 Å². The number of halogens is 3. The fraction of sp³-hybridized carbons (Fsp3) is 0.389. The average molecular weight is 366 g/mol. The van der Waals surface area contributed by atoms with Crippen LogP contribution in [0.3, 0.4) is 0 Å². The quantitative estimate of drug-likeness (QED) is 0.900. The van der Waals surface area contributed by atoms with Crippen molar-refractivity contribution in [1.82, 2.24) is 9.88 Å². The van der Waals surface area contributed by atoms with Gasteiger partial charge in [0.1, 0.15) is 11.6 Å². The largest absolute Gasteiger partial charge is 0.573 e. The minimum absolute atomic E-state index is 0.138. The summed E-state index contributed by atoms with van der Waals surface area (Å²) in [6.07, 6.45) is -2.16. The Balaban J connectivity index is 1.64. The summed E-state index contributed by atoms with van der Waals surface area (Å²) in [5.41, 5.74) is 6.82. The Labute approximate surface area is 150 Å². The number of pyridine rings is 1. The first-order valence-electron chi connectivity index (χ1n) is 8.43. The molecule has 1 fully saturated rings. The van der Waals surface area contributed by atoms with E-state index in [0.29, 0.717) is 17.8 Å². The van der Waals surface area contributed by atoms with Crippen LogP contribution in [0.2, 0.25) is 0 Å². The lowest BCUT2D eigenvalue weighted by Gasteiger charge is -2.23. The molecule has 1 aromatic carbocycles. The number of rotatable bonds is 4. The summed E-state index contributed by atoms with van der Waals surface area (Å²) >= 11 is 0. The molecule has 2 N–H and O–H groups in total. The number of ether oxygens (including phenoxy) is 1. The van der Waals surface area contributed by atoms with E-state index in [2.05, 4.69) is 19.5 Å². The Kier molecular flexibility index (Phi) is 5.51. The van der Waals surface area contributed by atoms with E-state index in [1.807, 2.05) is 12.1 Å². The van der Waals surface area contributed by atoms with E-state index >= 15 is 0 Å². The van der Waals surface area contributed by atoms with Crippen LogP contribution in [0.4, 0.5) is 24.7 Å². The smallest absolute Gasteiger partial charge is 0.405 e. The zero-order chi connectivity index (χ0) is 18.6. The molecule has 1 aliphatic rings. The van der Waals surface area contributed by atoms with E-state index in [1.165, 1.54) is 6.07 Å². The summed E-state index contributed by atoms with van der Waals surface area (Å²) in [7, 11) is 0. The maximum absolute atomic E-state index is 12.6. The van der Waals surface area contributed by atoms with Crippen molar-refractivity contribution in [2.75, 3.05) is 36.8 Å². The summed E-state index contributed by atoms with van der Waals surface area (Å²) < 4.78 is 41.9. The van der Waals surface area contributed by atoms with E-state index < -0.39 is 6.36 Å². The fourth-order valence-electron chi connectivity index (χ4n) is 3.04. The summed E-state index contributed by atoms with van der Waals surface area (Å²) in [5, 5.41) is 0. The lowest BCUT2D eigenvalue weighted by atomic mass is 10.2. The first-order valence-corrected chi connectivity index (χ1v) is 8.43. The minimum Gasteiger partial charge on any atom is -0.405 e. The molecule has 0 bridgehead atoms. The summed E-state index contributed by atoms with van der Waals surface area (Å²) in [4.78, 5) is 8.64. The van der Waals surface area contributed by atoms with Gasteiger partial charge in [-0.3, -0.25) is 4.90 Å². The second kappa shape index (κ2) is 7.82. The average Bonchev–Trinajstić information content (AvgIpc) is 2.82. The van der Waals surface area contributed by atoms with Crippen LogP contribution in [-0.2, 0) is 6.54 Å². The van der Waals surface area contributed by atoms with Gasteiger partial charge < -0.3 is 15.4 Å². The highest BCUT2D eigenvalue weighted by molar-refractivity contribution is 5.45. The van der Waals surface area contributed by atoms with Gasteiger partial charge in [-0.15, -0.1) is 13.2 Å². The molecule has 0 atom stereocenters. The number of para-hydroxylation sites is 1. The molecule has 26 heavy (non-hydrogen) atoms. The fourth-order valence-corrected chi connectivity index (χ4v) is 3.04. The van der Waals surface area contributed by atoms with Crippen LogP contribution in [0.25, 0.3) is 0 Å². The topological polar surface area (TPSA) is 54.6 Å². The van der Waals surface area contributed by atoms with Crippen molar-refractivity contribution in [1.29, 1.82) is 0 Å². The maximum Gasteiger partial charge on any atom is 0.573 e. The number of alkyl halides is 3. The van der Waals surface area contributed by atoms with Gasteiger partial charge in [0, 0.05) is 38.3 Å². The molecule has 0 saturated carbocycles. The molecule has 140 valence electrons. The Bertz CT molecular complexity index is 721. The number of aromatic nitrogens is 1. The van der Waals surface area contributed by atoms with Crippen molar-refractivity contribution in [2.24, 2.45) is 0 Å². The molecular weight excluding hydrogens is 345 g/mol. The molecule has 5 nitrogen and oxygen atoms in total. The van der Waals surface area contributed by atoms with Crippen molar-refractivity contribution in [3.05, 3.63) is 48.2 Å². The van der Waals surface area contributed by atoms with Gasteiger partial charge in [0.15, 0.2) is 0 Å². The molecule has 2 aromatic rings. The van der Waals surface area contributed by atoms with Gasteiger partial charge in [-0.1, -0.05) is 18.2 Å². The van der Waals surface area contributed by atoms with Crippen molar-refractivity contribution in [3.63, 3.8) is 0 Å². The lowest BCUT2D eigenvalue weighted by Crippen LogP contribution is -2.31. The summed E-state index contributed by atoms with van der Waals surface area (Å²) in [5.74, 6) is 0.725. The van der Waals surface area contributed by atoms with Gasteiger partial charge >= 0.3 is 6.36 Å². The molecule has 1 saturated heterocycles. The zero-order valence-electron chi connectivity index (χ0n) is 14.2. The van der Waals surface area contributed by atoms with E-state index in [4.69, 9.17) is 5.73 Å². The predicted molar refractivity (Wildman–Crippen MR) is 93.9 cm³/mol. The van der Waals surface area contributed by atoms with Crippen molar-refractivity contribution < 1.29 is 17.9 Å². The monoisotopic (exact) mass is 366 g/mol. The maximum atomic E-state index is 12.6.